The highest BCUT2D eigenvalue weighted by molar-refractivity contribution is 5.91. The molecule has 0 fully saturated rings. The zero-order chi connectivity index (χ0) is 15.5. The van der Waals surface area contributed by atoms with Gasteiger partial charge in [0, 0.05) is 17.3 Å². The molecule has 6 nitrogen and oxygen atoms in total. The first-order chi connectivity index (χ1) is 10.6. The van der Waals surface area contributed by atoms with Gasteiger partial charge in [-0.3, -0.25) is 9.89 Å². The van der Waals surface area contributed by atoms with E-state index in [4.69, 9.17) is 4.42 Å². The first kappa shape index (κ1) is 14.1. The van der Waals surface area contributed by atoms with E-state index in [2.05, 4.69) is 20.5 Å². The van der Waals surface area contributed by atoms with Crippen LogP contribution in [0.3, 0.4) is 0 Å². The van der Waals surface area contributed by atoms with Crippen molar-refractivity contribution in [3.8, 4) is 11.5 Å². The highest BCUT2D eigenvalue weighted by Gasteiger charge is 2.15. The average Bonchev–Trinajstić information content (AvgIpc) is 3.07. The SMILES string of the molecule is Cc1cc(NC(=O)Cc2nc(-c3ccccc3)oc2C)n[nH]1. The number of aryl methyl sites for hydroxylation is 2. The molecule has 22 heavy (non-hydrogen) atoms. The van der Waals surface area contributed by atoms with Gasteiger partial charge in [0.2, 0.25) is 11.8 Å². The molecule has 3 rings (SSSR count). The Balaban J connectivity index is 1.73. The van der Waals surface area contributed by atoms with Crippen LogP contribution in [0.25, 0.3) is 11.5 Å². The third-order valence-corrected chi connectivity index (χ3v) is 3.21. The molecule has 0 spiro atoms. The topological polar surface area (TPSA) is 83.8 Å². The summed E-state index contributed by atoms with van der Waals surface area (Å²) in [7, 11) is 0. The number of H-pyrrole nitrogens is 1. The van der Waals surface area contributed by atoms with Crippen LogP contribution in [0.4, 0.5) is 5.82 Å². The monoisotopic (exact) mass is 296 g/mol. The number of amides is 1. The zero-order valence-electron chi connectivity index (χ0n) is 12.4. The lowest BCUT2D eigenvalue weighted by Crippen LogP contribution is -2.15. The van der Waals surface area contributed by atoms with Crippen molar-refractivity contribution in [3.63, 3.8) is 0 Å². The second-order valence-electron chi connectivity index (χ2n) is 5.05. The van der Waals surface area contributed by atoms with E-state index in [0.29, 0.717) is 23.2 Å². The molecule has 3 aromatic rings. The number of aromatic nitrogens is 3. The summed E-state index contributed by atoms with van der Waals surface area (Å²) in [5, 5.41) is 9.47. The van der Waals surface area contributed by atoms with Crippen LogP contribution in [0.5, 0.6) is 0 Å². The van der Waals surface area contributed by atoms with E-state index in [1.807, 2.05) is 37.3 Å². The molecular weight excluding hydrogens is 280 g/mol. The molecule has 0 saturated carbocycles. The predicted octanol–water partition coefficient (Wildman–Crippen LogP) is 2.86. The predicted molar refractivity (Wildman–Crippen MR) is 82.3 cm³/mol. The summed E-state index contributed by atoms with van der Waals surface area (Å²) in [6, 6.07) is 11.4. The quantitative estimate of drug-likeness (QED) is 0.775. The van der Waals surface area contributed by atoms with Crippen LogP contribution in [0.1, 0.15) is 17.1 Å². The summed E-state index contributed by atoms with van der Waals surface area (Å²) in [5.74, 6) is 1.50. The Hall–Kier alpha value is -2.89. The van der Waals surface area contributed by atoms with E-state index >= 15 is 0 Å². The summed E-state index contributed by atoms with van der Waals surface area (Å²) in [6.45, 7) is 3.68. The lowest BCUT2D eigenvalue weighted by molar-refractivity contribution is -0.115. The number of benzene rings is 1. The number of aromatic amines is 1. The lowest BCUT2D eigenvalue weighted by Gasteiger charge is -1.99. The Bertz CT molecular complexity index is 790. The van der Waals surface area contributed by atoms with E-state index in [9.17, 15) is 4.79 Å². The third-order valence-electron chi connectivity index (χ3n) is 3.21. The Morgan fingerprint density at radius 1 is 1.27 bits per heavy atom. The van der Waals surface area contributed by atoms with Gasteiger partial charge >= 0.3 is 0 Å². The minimum absolute atomic E-state index is 0.147. The molecule has 0 aliphatic heterocycles. The molecule has 6 heteroatoms. The largest absolute Gasteiger partial charge is 0.441 e. The molecule has 0 radical (unpaired) electrons. The van der Waals surface area contributed by atoms with Gasteiger partial charge in [-0.2, -0.15) is 5.10 Å². The van der Waals surface area contributed by atoms with E-state index in [1.165, 1.54) is 0 Å². The van der Waals surface area contributed by atoms with Crippen molar-refractivity contribution in [1.82, 2.24) is 15.2 Å². The molecule has 1 amide bonds. The van der Waals surface area contributed by atoms with Gasteiger partial charge in [-0.1, -0.05) is 18.2 Å². The molecule has 0 bridgehead atoms. The van der Waals surface area contributed by atoms with E-state index in [0.717, 1.165) is 11.3 Å². The fourth-order valence-electron chi connectivity index (χ4n) is 2.12. The maximum Gasteiger partial charge on any atom is 0.231 e. The lowest BCUT2D eigenvalue weighted by atomic mass is 10.2. The van der Waals surface area contributed by atoms with Crippen LogP contribution in [0.2, 0.25) is 0 Å². The van der Waals surface area contributed by atoms with Crippen molar-refractivity contribution in [2.45, 2.75) is 20.3 Å². The standard InChI is InChI=1S/C16H16N4O2/c1-10-8-14(20-19-10)18-15(21)9-13-11(2)22-16(17-13)12-6-4-3-5-7-12/h3-8H,9H2,1-2H3,(H2,18,19,20,21). The molecule has 2 aromatic heterocycles. The van der Waals surface area contributed by atoms with E-state index < -0.39 is 0 Å². The van der Waals surface area contributed by atoms with Gasteiger partial charge < -0.3 is 9.73 Å². The van der Waals surface area contributed by atoms with Crippen molar-refractivity contribution in [2.75, 3.05) is 5.32 Å². The number of nitrogens with zero attached hydrogens (tertiary/aromatic N) is 2. The van der Waals surface area contributed by atoms with Gasteiger partial charge in [0.1, 0.15) is 5.76 Å². The van der Waals surface area contributed by atoms with Gasteiger partial charge in [0.05, 0.1) is 12.1 Å². The molecule has 0 saturated heterocycles. The van der Waals surface area contributed by atoms with Crippen LogP contribution in [0, 0.1) is 13.8 Å². The molecule has 0 atom stereocenters. The molecule has 0 unspecified atom stereocenters. The molecule has 0 aliphatic rings. The number of carbonyl (C=O) groups is 1. The fourth-order valence-corrected chi connectivity index (χ4v) is 2.12. The molecule has 0 aliphatic carbocycles. The summed E-state index contributed by atoms with van der Waals surface area (Å²) >= 11 is 0. The number of carbonyl (C=O) groups excluding carboxylic acids is 1. The second-order valence-corrected chi connectivity index (χ2v) is 5.05. The van der Waals surface area contributed by atoms with Crippen LogP contribution in [-0.4, -0.2) is 21.1 Å². The molecule has 1 aromatic carbocycles. The van der Waals surface area contributed by atoms with Crippen molar-refractivity contribution >= 4 is 11.7 Å². The number of hydrogen-bond donors (Lipinski definition) is 2. The first-order valence-corrected chi connectivity index (χ1v) is 6.95. The minimum Gasteiger partial charge on any atom is -0.441 e. The van der Waals surface area contributed by atoms with Gasteiger partial charge in [-0.15, -0.1) is 0 Å². The van der Waals surface area contributed by atoms with Gasteiger partial charge in [-0.05, 0) is 26.0 Å². The molecule has 2 heterocycles. The van der Waals surface area contributed by atoms with Crippen LogP contribution >= 0.6 is 0 Å². The summed E-state index contributed by atoms with van der Waals surface area (Å²) in [5.41, 5.74) is 2.41. The van der Waals surface area contributed by atoms with Gasteiger partial charge in [0.25, 0.3) is 0 Å². The first-order valence-electron chi connectivity index (χ1n) is 6.95. The Labute approximate surface area is 127 Å². The van der Waals surface area contributed by atoms with Crippen molar-refractivity contribution in [2.24, 2.45) is 0 Å². The Kier molecular flexibility index (Phi) is 3.74. The number of oxazole rings is 1. The van der Waals surface area contributed by atoms with Crippen LogP contribution in [-0.2, 0) is 11.2 Å². The van der Waals surface area contributed by atoms with E-state index in [1.54, 1.807) is 13.0 Å². The van der Waals surface area contributed by atoms with Crippen molar-refractivity contribution in [3.05, 3.63) is 53.5 Å². The smallest absolute Gasteiger partial charge is 0.231 e. The highest BCUT2D eigenvalue weighted by atomic mass is 16.4. The van der Waals surface area contributed by atoms with Crippen molar-refractivity contribution in [1.29, 1.82) is 0 Å². The maximum atomic E-state index is 12.0. The fraction of sp³-hybridized carbons (Fsp3) is 0.188. The Morgan fingerprint density at radius 3 is 2.73 bits per heavy atom. The van der Waals surface area contributed by atoms with Crippen LogP contribution in [0.15, 0.2) is 40.8 Å². The Morgan fingerprint density at radius 2 is 2.05 bits per heavy atom. The minimum atomic E-state index is -0.178. The number of rotatable bonds is 4. The van der Waals surface area contributed by atoms with Gasteiger partial charge in [0.15, 0.2) is 5.82 Å². The molecular formula is C16H16N4O2. The number of anilines is 1. The summed E-state index contributed by atoms with van der Waals surface area (Å²) in [4.78, 5) is 16.5. The highest BCUT2D eigenvalue weighted by Crippen LogP contribution is 2.21. The summed E-state index contributed by atoms with van der Waals surface area (Å²) < 4.78 is 5.64. The second kappa shape index (κ2) is 5.85. The maximum absolute atomic E-state index is 12.0. The van der Waals surface area contributed by atoms with E-state index in [-0.39, 0.29) is 12.3 Å². The van der Waals surface area contributed by atoms with Crippen molar-refractivity contribution < 1.29 is 9.21 Å². The average molecular weight is 296 g/mol. The van der Waals surface area contributed by atoms with Crippen LogP contribution < -0.4 is 5.32 Å². The van der Waals surface area contributed by atoms with Gasteiger partial charge in [-0.25, -0.2) is 4.98 Å². The normalized spacial score (nSPS) is 10.6. The number of hydrogen-bond acceptors (Lipinski definition) is 4. The number of nitrogens with one attached hydrogen (secondary N) is 2. The zero-order valence-corrected chi connectivity index (χ0v) is 12.4. The molecule has 2 N–H and O–H groups in total. The third kappa shape index (κ3) is 3.06. The summed E-state index contributed by atoms with van der Waals surface area (Å²) in [6.07, 6.45) is 0.147. The molecule has 112 valence electrons.